The van der Waals surface area contributed by atoms with E-state index in [0.29, 0.717) is 12.2 Å². The van der Waals surface area contributed by atoms with Gasteiger partial charge in [-0.1, -0.05) is 13.0 Å². The van der Waals surface area contributed by atoms with Crippen molar-refractivity contribution in [2.24, 2.45) is 5.73 Å². The van der Waals surface area contributed by atoms with Crippen LogP contribution in [-0.2, 0) is 24.2 Å². The topological polar surface area (TPSA) is 108 Å². The van der Waals surface area contributed by atoms with Crippen molar-refractivity contribution in [3.05, 3.63) is 63.1 Å². The molecule has 2 heterocycles. The van der Waals surface area contributed by atoms with E-state index in [1.54, 1.807) is 12.3 Å². The van der Waals surface area contributed by atoms with Crippen molar-refractivity contribution < 1.29 is 9.59 Å². The lowest BCUT2D eigenvalue weighted by molar-refractivity contribution is -0.119. The molecule has 0 spiro atoms. The number of amides is 2. The Kier molecular flexibility index (Phi) is 5.18. The monoisotopic (exact) mass is 354 g/mol. The third-order valence-electron chi connectivity index (χ3n) is 4.55. The third-order valence-corrected chi connectivity index (χ3v) is 4.55. The molecule has 0 aliphatic carbocycles. The van der Waals surface area contributed by atoms with E-state index in [9.17, 15) is 14.4 Å². The molecule has 0 unspecified atom stereocenters. The summed E-state index contributed by atoms with van der Waals surface area (Å²) in [7, 11) is 0. The normalized spacial score (nSPS) is 13.9. The van der Waals surface area contributed by atoms with Gasteiger partial charge in [0, 0.05) is 25.0 Å². The van der Waals surface area contributed by atoms with Crippen LogP contribution in [0.2, 0.25) is 0 Å². The molecule has 7 heteroatoms. The maximum atomic E-state index is 12.5. The van der Waals surface area contributed by atoms with E-state index in [-0.39, 0.29) is 18.0 Å². The minimum atomic E-state index is -0.439. The molecule has 0 fully saturated rings. The van der Waals surface area contributed by atoms with E-state index < -0.39 is 11.5 Å². The van der Waals surface area contributed by atoms with Gasteiger partial charge < -0.3 is 16.0 Å². The SMILES string of the molecule is CCc1c[nH]c(=O)c(C(=O)Nc2ccc3c(c2)CN(CC(N)=O)CC3)c1. The highest BCUT2D eigenvalue weighted by molar-refractivity contribution is 6.04. The van der Waals surface area contributed by atoms with Crippen molar-refractivity contribution in [1.82, 2.24) is 9.88 Å². The maximum absolute atomic E-state index is 12.5. The fourth-order valence-corrected chi connectivity index (χ4v) is 3.15. The van der Waals surface area contributed by atoms with E-state index in [1.807, 2.05) is 30.0 Å². The Labute approximate surface area is 151 Å². The number of benzene rings is 1. The van der Waals surface area contributed by atoms with Gasteiger partial charge in [0.2, 0.25) is 5.91 Å². The number of aromatic amines is 1. The number of aryl methyl sites for hydroxylation is 1. The Balaban J connectivity index is 1.78. The van der Waals surface area contributed by atoms with E-state index in [1.165, 1.54) is 5.56 Å². The zero-order chi connectivity index (χ0) is 18.7. The molecule has 7 nitrogen and oxygen atoms in total. The smallest absolute Gasteiger partial charge is 0.261 e. The lowest BCUT2D eigenvalue weighted by atomic mass is 9.99. The van der Waals surface area contributed by atoms with Crippen molar-refractivity contribution in [2.45, 2.75) is 26.3 Å². The van der Waals surface area contributed by atoms with Gasteiger partial charge in [0.1, 0.15) is 5.56 Å². The van der Waals surface area contributed by atoms with E-state index >= 15 is 0 Å². The molecule has 2 aromatic rings. The minimum Gasteiger partial charge on any atom is -0.369 e. The molecular weight excluding hydrogens is 332 g/mol. The second kappa shape index (κ2) is 7.53. The van der Waals surface area contributed by atoms with Gasteiger partial charge in [-0.3, -0.25) is 19.3 Å². The van der Waals surface area contributed by atoms with Crippen LogP contribution in [0.25, 0.3) is 0 Å². The number of hydrogen-bond donors (Lipinski definition) is 3. The van der Waals surface area contributed by atoms with Gasteiger partial charge in [-0.2, -0.15) is 0 Å². The van der Waals surface area contributed by atoms with Crippen LogP contribution >= 0.6 is 0 Å². The summed E-state index contributed by atoms with van der Waals surface area (Å²) in [5, 5.41) is 2.79. The standard InChI is InChI=1S/C19H22N4O3/c1-2-12-7-16(18(25)21-9-12)19(26)22-15-4-3-13-5-6-23(11-17(20)24)10-14(13)8-15/h3-4,7-9H,2,5-6,10-11H2,1H3,(H2,20,24)(H,21,25)(H,22,26). The predicted octanol–water partition coefficient (Wildman–Crippen LogP) is 1.03. The molecule has 3 rings (SSSR count). The first-order valence-electron chi connectivity index (χ1n) is 8.61. The largest absolute Gasteiger partial charge is 0.369 e. The molecular formula is C19H22N4O3. The quantitative estimate of drug-likeness (QED) is 0.745. The molecule has 26 heavy (non-hydrogen) atoms. The zero-order valence-corrected chi connectivity index (χ0v) is 14.7. The number of H-pyrrole nitrogens is 1. The molecule has 2 amide bonds. The van der Waals surface area contributed by atoms with Crippen molar-refractivity contribution in [3.63, 3.8) is 0 Å². The average molecular weight is 354 g/mol. The molecule has 0 saturated carbocycles. The lowest BCUT2D eigenvalue weighted by Gasteiger charge is -2.28. The first-order chi connectivity index (χ1) is 12.5. The third kappa shape index (κ3) is 4.00. The van der Waals surface area contributed by atoms with Crippen molar-refractivity contribution >= 4 is 17.5 Å². The highest BCUT2D eigenvalue weighted by Gasteiger charge is 2.19. The van der Waals surface area contributed by atoms with Gasteiger partial charge in [-0.05, 0) is 47.7 Å². The molecule has 1 aliphatic heterocycles. The maximum Gasteiger partial charge on any atom is 0.261 e. The summed E-state index contributed by atoms with van der Waals surface area (Å²) in [5.41, 5.74) is 8.70. The summed E-state index contributed by atoms with van der Waals surface area (Å²) in [6.45, 7) is 3.56. The van der Waals surface area contributed by atoms with Gasteiger partial charge in [0.15, 0.2) is 0 Å². The summed E-state index contributed by atoms with van der Waals surface area (Å²) in [4.78, 5) is 40.1. The Morgan fingerprint density at radius 1 is 1.27 bits per heavy atom. The van der Waals surface area contributed by atoms with E-state index in [2.05, 4.69) is 10.3 Å². The summed E-state index contributed by atoms with van der Waals surface area (Å²) < 4.78 is 0. The highest BCUT2D eigenvalue weighted by atomic mass is 16.2. The first-order valence-corrected chi connectivity index (χ1v) is 8.61. The molecule has 1 aromatic carbocycles. The number of anilines is 1. The number of nitrogens with zero attached hydrogens (tertiary/aromatic N) is 1. The predicted molar refractivity (Wildman–Crippen MR) is 99.0 cm³/mol. The summed E-state index contributed by atoms with van der Waals surface area (Å²) in [5.74, 6) is -0.792. The number of pyridine rings is 1. The van der Waals surface area contributed by atoms with E-state index in [4.69, 9.17) is 5.73 Å². The number of carbonyl (C=O) groups is 2. The molecule has 1 aromatic heterocycles. The van der Waals surface area contributed by atoms with Crippen LogP contribution in [0.15, 0.2) is 35.3 Å². The van der Waals surface area contributed by atoms with Crippen molar-refractivity contribution in [1.29, 1.82) is 0 Å². The lowest BCUT2D eigenvalue weighted by Crippen LogP contribution is -2.37. The van der Waals surface area contributed by atoms with Gasteiger partial charge in [-0.15, -0.1) is 0 Å². The van der Waals surface area contributed by atoms with E-state index in [0.717, 1.165) is 30.5 Å². The summed E-state index contributed by atoms with van der Waals surface area (Å²) in [6, 6.07) is 7.30. The second-order valence-electron chi connectivity index (χ2n) is 6.47. The van der Waals surface area contributed by atoms with Crippen LogP contribution in [0.1, 0.15) is 34.0 Å². The molecule has 0 atom stereocenters. The number of fused-ring (bicyclic) bond motifs is 1. The highest BCUT2D eigenvalue weighted by Crippen LogP contribution is 2.22. The van der Waals surface area contributed by atoms with Crippen LogP contribution in [-0.4, -0.2) is 34.8 Å². The molecule has 136 valence electrons. The molecule has 0 saturated heterocycles. The summed E-state index contributed by atoms with van der Waals surface area (Å²) in [6.07, 6.45) is 3.17. The summed E-state index contributed by atoms with van der Waals surface area (Å²) >= 11 is 0. The van der Waals surface area contributed by atoms with Crippen LogP contribution in [0.4, 0.5) is 5.69 Å². The number of nitrogens with one attached hydrogen (secondary N) is 2. The fourth-order valence-electron chi connectivity index (χ4n) is 3.15. The van der Waals surface area contributed by atoms with Crippen molar-refractivity contribution in [2.75, 3.05) is 18.4 Å². The minimum absolute atomic E-state index is 0.0948. The molecule has 0 bridgehead atoms. The number of primary amides is 1. The van der Waals surface area contributed by atoms with Crippen LogP contribution in [0.5, 0.6) is 0 Å². The molecule has 0 radical (unpaired) electrons. The van der Waals surface area contributed by atoms with Gasteiger partial charge in [-0.25, -0.2) is 0 Å². The second-order valence-corrected chi connectivity index (χ2v) is 6.47. The Morgan fingerprint density at radius 2 is 2.08 bits per heavy atom. The number of rotatable bonds is 5. The van der Waals surface area contributed by atoms with Crippen LogP contribution < -0.4 is 16.6 Å². The van der Waals surface area contributed by atoms with Crippen LogP contribution in [0.3, 0.4) is 0 Å². The number of aromatic nitrogens is 1. The Morgan fingerprint density at radius 3 is 2.81 bits per heavy atom. The zero-order valence-electron chi connectivity index (χ0n) is 14.7. The number of carbonyl (C=O) groups excluding carboxylic acids is 2. The first kappa shape index (κ1) is 17.9. The molecule has 1 aliphatic rings. The van der Waals surface area contributed by atoms with Gasteiger partial charge in [0.25, 0.3) is 11.5 Å². The van der Waals surface area contributed by atoms with Gasteiger partial charge in [0.05, 0.1) is 6.54 Å². The fraction of sp³-hybridized carbons (Fsp3) is 0.316. The van der Waals surface area contributed by atoms with Gasteiger partial charge >= 0.3 is 0 Å². The number of hydrogen-bond acceptors (Lipinski definition) is 4. The Bertz CT molecular complexity index is 904. The molecule has 4 N–H and O–H groups in total. The number of nitrogens with two attached hydrogens (primary N) is 1. The van der Waals surface area contributed by atoms with Crippen LogP contribution in [0, 0.1) is 0 Å². The Hall–Kier alpha value is -2.93. The average Bonchev–Trinajstić information content (AvgIpc) is 2.61. The van der Waals surface area contributed by atoms with Crippen molar-refractivity contribution in [3.8, 4) is 0 Å².